The minimum absolute atomic E-state index is 0.236. The molecule has 96 valence electrons. The molecule has 0 fully saturated rings. The van der Waals surface area contributed by atoms with Gasteiger partial charge in [0.2, 0.25) is 0 Å². The van der Waals surface area contributed by atoms with Gasteiger partial charge in [0.25, 0.3) is 0 Å². The Balaban J connectivity index is 2.78. The van der Waals surface area contributed by atoms with Crippen LogP contribution in [-0.4, -0.2) is 11.5 Å². The number of nitrogens with zero attached hydrogens (tertiary/aromatic N) is 1. The number of nitrogens with one attached hydrogen (secondary N) is 1. The van der Waals surface area contributed by atoms with Crippen LogP contribution in [0.25, 0.3) is 10.9 Å². The fraction of sp³-hybridized carbons (Fsp3) is 0.357. The van der Waals surface area contributed by atoms with Crippen LogP contribution in [0.1, 0.15) is 25.0 Å². The van der Waals surface area contributed by atoms with Crippen LogP contribution in [0.2, 0.25) is 0 Å². The topological polar surface area (TPSA) is 24.9 Å². The summed E-state index contributed by atoms with van der Waals surface area (Å²) in [6.45, 7) is 6.82. The third-order valence-electron chi connectivity index (χ3n) is 2.99. The summed E-state index contributed by atoms with van der Waals surface area (Å²) in [4.78, 5) is 4.63. The minimum atomic E-state index is -0.236. The van der Waals surface area contributed by atoms with Crippen LogP contribution in [0.5, 0.6) is 0 Å². The Kier molecular flexibility index (Phi) is 3.85. The first kappa shape index (κ1) is 13.3. The molecule has 2 rings (SSSR count). The Morgan fingerprint density at radius 1 is 1.33 bits per heavy atom. The second-order valence-electron chi connectivity index (χ2n) is 4.27. The highest BCUT2D eigenvalue weighted by atomic mass is 79.9. The largest absolute Gasteiger partial charge is 0.370 e. The zero-order valence-electron chi connectivity index (χ0n) is 10.8. The van der Waals surface area contributed by atoms with Gasteiger partial charge >= 0.3 is 0 Å². The number of halogens is 2. The van der Waals surface area contributed by atoms with E-state index in [2.05, 4.69) is 33.2 Å². The van der Waals surface area contributed by atoms with Crippen molar-refractivity contribution in [2.75, 3.05) is 11.9 Å². The van der Waals surface area contributed by atoms with Crippen molar-refractivity contribution in [3.8, 4) is 0 Å². The highest BCUT2D eigenvalue weighted by Gasteiger charge is 2.12. The molecule has 0 amide bonds. The van der Waals surface area contributed by atoms with Crippen molar-refractivity contribution in [2.45, 2.75) is 27.2 Å². The summed E-state index contributed by atoms with van der Waals surface area (Å²) in [5, 5.41) is 4.10. The molecule has 4 heteroatoms. The van der Waals surface area contributed by atoms with Crippen LogP contribution in [0, 0.1) is 12.7 Å². The number of benzene rings is 1. The van der Waals surface area contributed by atoms with E-state index in [1.54, 1.807) is 0 Å². The van der Waals surface area contributed by atoms with Gasteiger partial charge in [-0.3, -0.25) is 0 Å². The molecule has 0 bridgehead atoms. The van der Waals surface area contributed by atoms with Crippen molar-refractivity contribution < 1.29 is 4.39 Å². The third kappa shape index (κ3) is 2.21. The first-order chi connectivity index (χ1) is 8.58. The molecular formula is C14H16BrFN2. The molecule has 0 aliphatic rings. The number of anilines is 1. The van der Waals surface area contributed by atoms with Gasteiger partial charge < -0.3 is 5.32 Å². The molecule has 2 nitrogen and oxygen atoms in total. The first-order valence-corrected chi connectivity index (χ1v) is 6.89. The molecule has 2 aromatic rings. The standard InChI is InChI=1S/C14H16BrFN2/c1-4-9-7-10-12(15)11(16)6-8(3)13(10)18-14(9)17-5-2/h6-7H,4-5H2,1-3H3,(H,17,18). The zero-order chi connectivity index (χ0) is 13.3. The van der Waals surface area contributed by atoms with Gasteiger partial charge in [0.1, 0.15) is 11.6 Å². The van der Waals surface area contributed by atoms with E-state index in [1.807, 2.05) is 19.9 Å². The van der Waals surface area contributed by atoms with Crippen LogP contribution >= 0.6 is 15.9 Å². The lowest BCUT2D eigenvalue weighted by molar-refractivity contribution is 0.622. The minimum Gasteiger partial charge on any atom is -0.370 e. The lowest BCUT2D eigenvalue weighted by Gasteiger charge is -2.12. The van der Waals surface area contributed by atoms with Crippen LogP contribution in [0.3, 0.4) is 0 Å². The number of hydrogen-bond donors (Lipinski definition) is 1. The highest BCUT2D eigenvalue weighted by molar-refractivity contribution is 9.10. The molecule has 0 unspecified atom stereocenters. The number of aromatic nitrogens is 1. The average molecular weight is 311 g/mol. The van der Waals surface area contributed by atoms with Crippen molar-refractivity contribution >= 4 is 32.7 Å². The number of rotatable bonds is 3. The van der Waals surface area contributed by atoms with Crippen molar-refractivity contribution in [1.82, 2.24) is 4.98 Å². The van der Waals surface area contributed by atoms with E-state index in [-0.39, 0.29) is 5.82 Å². The number of aryl methyl sites for hydroxylation is 2. The fourth-order valence-electron chi connectivity index (χ4n) is 2.06. The second-order valence-corrected chi connectivity index (χ2v) is 5.06. The van der Waals surface area contributed by atoms with Crippen LogP contribution in [-0.2, 0) is 6.42 Å². The number of hydrogen-bond acceptors (Lipinski definition) is 2. The number of fused-ring (bicyclic) bond motifs is 1. The van der Waals surface area contributed by atoms with Gasteiger partial charge in [0.05, 0.1) is 9.99 Å². The third-order valence-corrected chi connectivity index (χ3v) is 3.80. The summed E-state index contributed by atoms with van der Waals surface area (Å²) in [5.41, 5.74) is 2.80. The van der Waals surface area contributed by atoms with Crippen LogP contribution < -0.4 is 5.32 Å². The lowest BCUT2D eigenvalue weighted by Crippen LogP contribution is -2.04. The molecule has 1 heterocycles. The maximum atomic E-state index is 13.7. The first-order valence-electron chi connectivity index (χ1n) is 6.10. The maximum Gasteiger partial charge on any atom is 0.138 e. The van der Waals surface area contributed by atoms with E-state index in [4.69, 9.17) is 0 Å². The summed E-state index contributed by atoms with van der Waals surface area (Å²) in [7, 11) is 0. The molecule has 0 atom stereocenters. The second kappa shape index (κ2) is 5.22. The normalized spacial score (nSPS) is 10.9. The zero-order valence-corrected chi connectivity index (χ0v) is 12.4. The van der Waals surface area contributed by atoms with E-state index >= 15 is 0 Å². The van der Waals surface area contributed by atoms with Gasteiger partial charge in [-0.2, -0.15) is 0 Å². The van der Waals surface area contributed by atoms with Crippen LogP contribution in [0.15, 0.2) is 16.6 Å². The highest BCUT2D eigenvalue weighted by Crippen LogP contribution is 2.31. The Morgan fingerprint density at radius 3 is 2.67 bits per heavy atom. The van der Waals surface area contributed by atoms with Gasteiger partial charge in [-0.05, 0) is 59.5 Å². The van der Waals surface area contributed by atoms with Crippen molar-refractivity contribution in [3.63, 3.8) is 0 Å². The average Bonchev–Trinajstić information content (AvgIpc) is 2.36. The molecular weight excluding hydrogens is 295 g/mol. The van der Waals surface area contributed by atoms with Gasteiger partial charge in [-0.25, -0.2) is 9.37 Å². The van der Waals surface area contributed by atoms with Crippen LogP contribution in [0.4, 0.5) is 10.2 Å². The summed E-state index contributed by atoms with van der Waals surface area (Å²) < 4.78 is 14.2. The van der Waals surface area contributed by atoms with Crippen molar-refractivity contribution in [3.05, 3.63) is 33.5 Å². The van der Waals surface area contributed by atoms with E-state index in [1.165, 1.54) is 6.07 Å². The molecule has 1 aromatic carbocycles. The Labute approximate surface area is 115 Å². The summed E-state index contributed by atoms with van der Waals surface area (Å²) in [6.07, 6.45) is 0.868. The summed E-state index contributed by atoms with van der Waals surface area (Å²) >= 11 is 3.31. The monoisotopic (exact) mass is 310 g/mol. The summed E-state index contributed by atoms with van der Waals surface area (Å²) in [6, 6.07) is 3.53. The molecule has 0 saturated carbocycles. The lowest BCUT2D eigenvalue weighted by atomic mass is 10.1. The molecule has 0 radical (unpaired) electrons. The molecule has 0 aliphatic carbocycles. The quantitative estimate of drug-likeness (QED) is 0.906. The van der Waals surface area contributed by atoms with Crippen molar-refractivity contribution in [1.29, 1.82) is 0 Å². The van der Waals surface area contributed by atoms with E-state index < -0.39 is 0 Å². The maximum absolute atomic E-state index is 13.7. The predicted octanol–water partition coefficient (Wildman–Crippen LogP) is 4.44. The molecule has 0 aliphatic heterocycles. The molecule has 18 heavy (non-hydrogen) atoms. The fourth-order valence-corrected chi connectivity index (χ4v) is 2.48. The predicted molar refractivity (Wildman–Crippen MR) is 77.7 cm³/mol. The Hall–Kier alpha value is -1.16. The molecule has 1 aromatic heterocycles. The Morgan fingerprint density at radius 2 is 2.06 bits per heavy atom. The summed E-state index contributed by atoms with van der Waals surface area (Å²) in [5.74, 6) is 0.661. The smallest absolute Gasteiger partial charge is 0.138 e. The molecule has 0 saturated heterocycles. The number of pyridine rings is 1. The van der Waals surface area contributed by atoms with E-state index in [9.17, 15) is 4.39 Å². The van der Waals surface area contributed by atoms with E-state index in [0.29, 0.717) is 4.47 Å². The molecule has 1 N–H and O–H groups in total. The van der Waals surface area contributed by atoms with Gasteiger partial charge in [0, 0.05) is 11.9 Å². The van der Waals surface area contributed by atoms with Gasteiger partial charge in [-0.15, -0.1) is 0 Å². The molecule has 0 spiro atoms. The SMILES string of the molecule is CCNc1nc2c(C)cc(F)c(Br)c2cc1CC. The van der Waals surface area contributed by atoms with Crippen molar-refractivity contribution in [2.24, 2.45) is 0 Å². The Bertz CT molecular complexity index is 596. The van der Waals surface area contributed by atoms with Gasteiger partial charge in [0.15, 0.2) is 0 Å². The van der Waals surface area contributed by atoms with E-state index in [0.717, 1.165) is 40.8 Å². The van der Waals surface area contributed by atoms with Gasteiger partial charge in [-0.1, -0.05) is 6.92 Å².